The number of alkyl halides is 3. The lowest BCUT2D eigenvalue weighted by molar-refractivity contribution is -0.191. The van der Waals surface area contributed by atoms with Gasteiger partial charge in [0.05, 0.1) is 43.1 Å². The highest BCUT2D eigenvalue weighted by Crippen LogP contribution is 2.46. The van der Waals surface area contributed by atoms with Crippen LogP contribution in [0.25, 0.3) is 22.3 Å². The van der Waals surface area contributed by atoms with Crippen LogP contribution in [0.2, 0.25) is 0 Å². The van der Waals surface area contributed by atoms with Gasteiger partial charge in [-0.25, -0.2) is 15.0 Å². The summed E-state index contributed by atoms with van der Waals surface area (Å²) >= 11 is 0. The Morgan fingerprint density at radius 1 is 1.13 bits per heavy atom. The van der Waals surface area contributed by atoms with E-state index in [0.717, 1.165) is 80.6 Å². The number of nitrogens with zero attached hydrogens (tertiary/aromatic N) is 8. The first-order valence-electron chi connectivity index (χ1n) is 15.7. The molecule has 0 aromatic carbocycles. The quantitative estimate of drug-likeness (QED) is 0.301. The van der Waals surface area contributed by atoms with E-state index in [1.54, 1.807) is 12.3 Å². The molecule has 4 fully saturated rings. The molecule has 0 bridgehead atoms. The van der Waals surface area contributed by atoms with Gasteiger partial charge in [-0.05, 0) is 43.4 Å². The van der Waals surface area contributed by atoms with E-state index in [9.17, 15) is 18.4 Å². The maximum absolute atomic E-state index is 13.7. The Kier molecular flexibility index (Phi) is 7.04. The second kappa shape index (κ2) is 11.0. The molecule has 4 aromatic rings. The molecule has 0 amide bonds. The van der Waals surface area contributed by atoms with Crippen LogP contribution in [0.1, 0.15) is 43.4 Å². The first-order valence-corrected chi connectivity index (χ1v) is 15.7. The van der Waals surface area contributed by atoms with Gasteiger partial charge in [0.15, 0.2) is 0 Å². The molecule has 0 atom stereocenters. The summed E-state index contributed by atoms with van der Waals surface area (Å²) < 4.78 is 54.5. The minimum Gasteiger partial charge on any atom is -0.474 e. The normalized spacial score (nSPS) is 25.1. The number of hydrogen-bond acceptors (Lipinski definition) is 9. The molecule has 3 saturated heterocycles. The van der Waals surface area contributed by atoms with Crippen LogP contribution in [-0.4, -0.2) is 91.1 Å². The number of aromatic nitrogens is 6. The number of fused-ring (bicyclic) bond motifs is 1. The van der Waals surface area contributed by atoms with E-state index >= 15 is 0 Å². The van der Waals surface area contributed by atoms with E-state index < -0.39 is 17.4 Å². The van der Waals surface area contributed by atoms with Crippen molar-refractivity contribution in [2.24, 2.45) is 5.41 Å². The second-order valence-corrected chi connectivity index (χ2v) is 13.4. The van der Waals surface area contributed by atoms with E-state index in [1.165, 1.54) is 6.33 Å². The lowest BCUT2D eigenvalue weighted by Gasteiger charge is -2.55. The smallest absolute Gasteiger partial charge is 0.433 e. The zero-order valence-corrected chi connectivity index (χ0v) is 25.2. The average Bonchev–Trinajstić information content (AvgIpc) is 3.66. The summed E-state index contributed by atoms with van der Waals surface area (Å²) in [6.07, 6.45) is 5.67. The lowest BCUT2D eigenvalue weighted by Crippen LogP contribution is -2.65. The SMILES string of the molecule is N#CC[C@]1(n2cc(-c3ncnc4[nH]ccc34)cn2)C[C@H](N2CCC(Oc3cc(CN4CC5(COC5)C4)cc(C(F)(F)F)n3)CC2)C1. The van der Waals surface area contributed by atoms with Gasteiger partial charge in [0.25, 0.3) is 0 Å². The molecule has 0 radical (unpaired) electrons. The highest BCUT2D eigenvalue weighted by Gasteiger charge is 2.50. The van der Waals surface area contributed by atoms with Crippen molar-refractivity contribution in [3.05, 3.63) is 54.4 Å². The Morgan fingerprint density at radius 2 is 1.93 bits per heavy atom. The zero-order valence-electron chi connectivity index (χ0n) is 25.2. The number of rotatable bonds is 8. The topological polar surface area (TPSA) is 121 Å². The van der Waals surface area contributed by atoms with E-state index in [2.05, 4.69) is 40.9 Å². The summed E-state index contributed by atoms with van der Waals surface area (Å²) in [7, 11) is 0. The fourth-order valence-electron chi connectivity index (χ4n) is 7.67. The molecule has 4 aliphatic rings. The number of pyridine rings is 1. The Morgan fingerprint density at radius 3 is 2.65 bits per heavy atom. The summed E-state index contributed by atoms with van der Waals surface area (Å²) in [5.74, 6) is 0.0391. The number of likely N-dealkylation sites (tertiary alicyclic amines) is 2. The van der Waals surface area contributed by atoms with Gasteiger partial charge >= 0.3 is 6.18 Å². The third kappa shape index (κ3) is 5.30. The monoisotopic (exact) mass is 633 g/mol. The minimum atomic E-state index is -4.55. The number of hydrogen-bond donors (Lipinski definition) is 1. The summed E-state index contributed by atoms with van der Waals surface area (Å²) in [4.78, 5) is 20.2. The Balaban J connectivity index is 0.893. The number of ether oxygens (including phenoxy) is 2. The molecule has 14 heteroatoms. The Labute approximate surface area is 263 Å². The maximum Gasteiger partial charge on any atom is 0.433 e. The molecular weight excluding hydrogens is 599 g/mol. The predicted molar refractivity (Wildman–Crippen MR) is 159 cm³/mol. The van der Waals surface area contributed by atoms with Gasteiger partial charge in [0.2, 0.25) is 5.88 Å². The van der Waals surface area contributed by atoms with Crippen molar-refractivity contribution in [1.29, 1.82) is 5.26 Å². The van der Waals surface area contributed by atoms with Crippen molar-refractivity contribution in [1.82, 2.24) is 39.5 Å². The summed E-state index contributed by atoms with van der Waals surface area (Å²) in [5, 5.41) is 15.3. The number of H-pyrrole nitrogens is 1. The van der Waals surface area contributed by atoms with Crippen LogP contribution in [-0.2, 0) is 23.0 Å². The first-order chi connectivity index (χ1) is 22.2. The molecule has 240 valence electrons. The number of nitrogens with one attached hydrogen (secondary N) is 1. The van der Waals surface area contributed by atoms with Crippen molar-refractivity contribution in [2.45, 2.75) is 62.5 Å². The van der Waals surface area contributed by atoms with Crippen LogP contribution in [0, 0.1) is 16.7 Å². The minimum absolute atomic E-state index is 0.0391. The van der Waals surface area contributed by atoms with Gasteiger partial charge in [0.1, 0.15) is 23.8 Å². The molecule has 0 unspecified atom stereocenters. The number of piperidine rings is 1. The van der Waals surface area contributed by atoms with E-state index in [0.29, 0.717) is 31.4 Å². The van der Waals surface area contributed by atoms with Gasteiger partial charge in [-0.3, -0.25) is 14.5 Å². The molecule has 46 heavy (non-hydrogen) atoms. The third-order valence-electron chi connectivity index (χ3n) is 10.1. The lowest BCUT2D eigenvalue weighted by atomic mass is 9.69. The van der Waals surface area contributed by atoms with Crippen molar-refractivity contribution in [3.63, 3.8) is 0 Å². The fraction of sp³-hybridized carbons (Fsp3) is 0.531. The number of aromatic amines is 1. The van der Waals surface area contributed by atoms with Crippen LogP contribution in [0.3, 0.4) is 0 Å². The van der Waals surface area contributed by atoms with E-state index in [-0.39, 0.29) is 23.4 Å². The van der Waals surface area contributed by atoms with Gasteiger partial charge in [-0.15, -0.1) is 0 Å². The summed E-state index contributed by atoms with van der Waals surface area (Å²) in [6.45, 7) is 5.09. The second-order valence-electron chi connectivity index (χ2n) is 13.4. The Bertz CT molecular complexity index is 1770. The maximum atomic E-state index is 13.7. The standard InChI is InChI=1S/C32H34F3N9O2/c33-32(34,35)26-9-21(14-42-16-30(17-42)18-45-19-30)10-27(41-26)46-24-2-7-43(8-3-24)23-11-31(12-23,4-5-36)44-15-22(13-40-44)28-25-1-6-37-29(25)39-20-38-28/h1,6,9-10,13,15,20,23-24H,2-4,7-8,11-12,14,16-19H2,(H,37,38,39)/t23-,31-. The molecule has 4 aromatic heterocycles. The van der Waals surface area contributed by atoms with Crippen molar-refractivity contribution >= 4 is 11.0 Å². The molecule has 3 aliphatic heterocycles. The van der Waals surface area contributed by atoms with Gasteiger partial charge < -0.3 is 14.5 Å². The van der Waals surface area contributed by atoms with Crippen LogP contribution >= 0.6 is 0 Å². The van der Waals surface area contributed by atoms with Gasteiger partial charge in [-0.2, -0.15) is 23.5 Å². The fourth-order valence-corrected chi connectivity index (χ4v) is 7.67. The molecule has 1 N–H and O–H groups in total. The Hall–Kier alpha value is -4.06. The van der Waals surface area contributed by atoms with Crippen LogP contribution in [0.5, 0.6) is 5.88 Å². The summed E-state index contributed by atoms with van der Waals surface area (Å²) in [6, 6.07) is 7.39. The molecule has 7 heterocycles. The molecule has 1 spiro atoms. The molecule has 8 rings (SSSR count). The van der Waals surface area contributed by atoms with Crippen molar-refractivity contribution in [2.75, 3.05) is 39.4 Å². The van der Waals surface area contributed by atoms with E-state index in [1.807, 2.05) is 23.1 Å². The molecule has 1 aliphatic carbocycles. The first kappa shape index (κ1) is 29.3. The average molecular weight is 634 g/mol. The molecule has 1 saturated carbocycles. The van der Waals surface area contributed by atoms with Crippen LogP contribution in [0.15, 0.2) is 43.1 Å². The van der Waals surface area contributed by atoms with E-state index in [4.69, 9.17) is 9.47 Å². The number of nitriles is 1. The van der Waals surface area contributed by atoms with Gasteiger partial charge in [0, 0.05) is 73.6 Å². The van der Waals surface area contributed by atoms with Crippen LogP contribution < -0.4 is 4.74 Å². The molecular formula is C32H34F3N9O2. The molecule has 11 nitrogen and oxygen atoms in total. The van der Waals surface area contributed by atoms with Crippen molar-refractivity contribution < 1.29 is 22.6 Å². The predicted octanol–water partition coefficient (Wildman–Crippen LogP) is 4.38. The zero-order chi connectivity index (χ0) is 31.5. The van der Waals surface area contributed by atoms with Crippen molar-refractivity contribution in [3.8, 4) is 23.2 Å². The highest BCUT2D eigenvalue weighted by molar-refractivity contribution is 5.90. The largest absolute Gasteiger partial charge is 0.474 e. The van der Waals surface area contributed by atoms with Gasteiger partial charge in [-0.1, -0.05) is 0 Å². The number of halogens is 3. The summed E-state index contributed by atoms with van der Waals surface area (Å²) in [5.41, 5.74) is 1.87. The highest BCUT2D eigenvalue weighted by atomic mass is 19.4. The third-order valence-corrected chi connectivity index (χ3v) is 10.1. The van der Waals surface area contributed by atoms with Crippen LogP contribution in [0.4, 0.5) is 13.2 Å².